The lowest BCUT2D eigenvalue weighted by atomic mass is 10.1. The molecule has 0 atom stereocenters. The highest BCUT2D eigenvalue weighted by Crippen LogP contribution is 2.35. The maximum atomic E-state index is 12.4. The van der Waals surface area contributed by atoms with Crippen molar-refractivity contribution in [2.75, 3.05) is 18.5 Å². The Balaban J connectivity index is 2.12. The molecule has 0 saturated carbocycles. The van der Waals surface area contributed by atoms with Crippen LogP contribution in [0, 0.1) is 6.92 Å². The van der Waals surface area contributed by atoms with Gasteiger partial charge in [0.05, 0.1) is 19.6 Å². The maximum absolute atomic E-state index is 12.4. The number of esters is 1. The summed E-state index contributed by atoms with van der Waals surface area (Å²) < 4.78 is 10.2. The SMILES string of the molecule is CCOC(=O)Cc1c(C)sc(C(=O)Nc2ccc(OCC)cc2)c1O. The first kappa shape index (κ1) is 18.8. The van der Waals surface area contributed by atoms with Gasteiger partial charge in [0.25, 0.3) is 5.91 Å². The zero-order valence-electron chi connectivity index (χ0n) is 14.4. The molecule has 134 valence electrons. The highest BCUT2D eigenvalue weighted by atomic mass is 32.1. The number of anilines is 1. The van der Waals surface area contributed by atoms with Crippen LogP contribution >= 0.6 is 11.3 Å². The number of aryl methyl sites for hydroxylation is 1. The highest BCUT2D eigenvalue weighted by Gasteiger charge is 2.22. The van der Waals surface area contributed by atoms with E-state index < -0.39 is 11.9 Å². The van der Waals surface area contributed by atoms with E-state index in [1.807, 2.05) is 6.92 Å². The van der Waals surface area contributed by atoms with Crippen molar-refractivity contribution in [2.24, 2.45) is 0 Å². The molecule has 6 nitrogen and oxygen atoms in total. The standard InChI is InChI=1S/C18H21NO5S/c1-4-23-13-8-6-12(7-9-13)19-18(22)17-16(21)14(11(3)25-17)10-15(20)24-5-2/h6-9,21H,4-5,10H2,1-3H3,(H,19,22). The average molecular weight is 363 g/mol. The second kappa shape index (κ2) is 8.53. The molecule has 2 rings (SSSR count). The van der Waals surface area contributed by atoms with Gasteiger partial charge in [0.1, 0.15) is 16.4 Å². The van der Waals surface area contributed by atoms with Gasteiger partial charge >= 0.3 is 5.97 Å². The van der Waals surface area contributed by atoms with Crippen LogP contribution in [0.1, 0.15) is 34.0 Å². The number of carbonyl (C=O) groups excluding carboxylic acids is 2. The lowest BCUT2D eigenvalue weighted by Crippen LogP contribution is -2.11. The van der Waals surface area contributed by atoms with Crippen LogP contribution in [0.2, 0.25) is 0 Å². The van der Waals surface area contributed by atoms with Crippen molar-refractivity contribution >= 4 is 28.9 Å². The predicted molar refractivity (Wildman–Crippen MR) is 96.6 cm³/mol. The highest BCUT2D eigenvalue weighted by molar-refractivity contribution is 7.14. The number of ether oxygens (including phenoxy) is 2. The quantitative estimate of drug-likeness (QED) is 0.735. The summed E-state index contributed by atoms with van der Waals surface area (Å²) in [6, 6.07) is 6.95. The fraction of sp³-hybridized carbons (Fsp3) is 0.333. The van der Waals surface area contributed by atoms with E-state index in [0.717, 1.165) is 11.3 Å². The molecule has 1 aromatic carbocycles. The average Bonchev–Trinajstić information content (AvgIpc) is 2.85. The number of nitrogens with one attached hydrogen (secondary N) is 1. The normalized spacial score (nSPS) is 10.4. The van der Waals surface area contributed by atoms with E-state index in [1.165, 1.54) is 0 Å². The van der Waals surface area contributed by atoms with Gasteiger partial charge in [0, 0.05) is 16.1 Å². The summed E-state index contributed by atoms with van der Waals surface area (Å²) in [5.74, 6) is -0.312. The number of hydrogen-bond acceptors (Lipinski definition) is 6. The van der Waals surface area contributed by atoms with Crippen molar-refractivity contribution < 1.29 is 24.2 Å². The second-order valence-corrected chi connectivity index (χ2v) is 6.43. The molecule has 0 fully saturated rings. The number of hydrogen-bond donors (Lipinski definition) is 2. The van der Waals surface area contributed by atoms with Crippen LogP contribution in [0.3, 0.4) is 0 Å². The zero-order valence-corrected chi connectivity index (χ0v) is 15.2. The van der Waals surface area contributed by atoms with Gasteiger partial charge in [-0.25, -0.2) is 0 Å². The molecule has 0 unspecified atom stereocenters. The van der Waals surface area contributed by atoms with Crippen LogP contribution in [-0.2, 0) is 16.0 Å². The Kier molecular flexibility index (Phi) is 6.41. The number of thiophene rings is 1. The third-order valence-corrected chi connectivity index (χ3v) is 4.57. The Labute approximate surface area is 150 Å². The monoisotopic (exact) mass is 363 g/mol. The minimum Gasteiger partial charge on any atom is -0.506 e. The first-order valence-electron chi connectivity index (χ1n) is 7.97. The van der Waals surface area contributed by atoms with Crippen molar-refractivity contribution in [2.45, 2.75) is 27.2 Å². The summed E-state index contributed by atoms with van der Waals surface area (Å²) in [6.07, 6.45) is -0.0572. The summed E-state index contributed by atoms with van der Waals surface area (Å²) in [7, 11) is 0. The van der Waals surface area contributed by atoms with Gasteiger partial charge in [-0.05, 0) is 45.0 Å². The molecule has 1 heterocycles. The third-order valence-electron chi connectivity index (χ3n) is 3.44. The van der Waals surface area contributed by atoms with E-state index in [9.17, 15) is 14.7 Å². The molecule has 1 aromatic heterocycles. The Morgan fingerprint density at radius 1 is 1.16 bits per heavy atom. The van der Waals surface area contributed by atoms with E-state index in [2.05, 4.69) is 5.32 Å². The molecular weight excluding hydrogens is 342 g/mol. The number of rotatable bonds is 7. The second-order valence-electron chi connectivity index (χ2n) is 5.21. The van der Waals surface area contributed by atoms with Gasteiger partial charge in [0.2, 0.25) is 0 Å². The van der Waals surface area contributed by atoms with Crippen molar-refractivity contribution in [3.05, 3.63) is 39.6 Å². The van der Waals surface area contributed by atoms with Crippen molar-refractivity contribution in [1.29, 1.82) is 0 Å². The van der Waals surface area contributed by atoms with Crippen LogP contribution in [-0.4, -0.2) is 30.2 Å². The first-order chi connectivity index (χ1) is 12.0. The predicted octanol–water partition coefficient (Wildman–Crippen LogP) is 3.52. The van der Waals surface area contributed by atoms with Crippen LogP contribution < -0.4 is 10.1 Å². The van der Waals surface area contributed by atoms with Gasteiger partial charge in [0.15, 0.2) is 0 Å². The van der Waals surface area contributed by atoms with E-state index in [0.29, 0.717) is 28.5 Å². The van der Waals surface area contributed by atoms with Gasteiger partial charge in [-0.1, -0.05) is 0 Å². The fourth-order valence-corrected chi connectivity index (χ4v) is 3.24. The number of aromatic hydroxyl groups is 1. The van der Waals surface area contributed by atoms with Crippen LogP contribution in [0.5, 0.6) is 11.5 Å². The van der Waals surface area contributed by atoms with Crippen molar-refractivity contribution in [1.82, 2.24) is 0 Å². The number of benzene rings is 1. The summed E-state index contributed by atoms with van der Waals surface area (Å²) in [5, 5.41) is 13.0. The number of amides is 1. The first-order valence-corrected chi connectivity index (χ1v) is 8.78. The summed E-state index contributed by atoms with van der Waals surface area (Å²) in [6.45, 7) is 6.21. The van der Waals surface area contributed by atoms with Gasteiger partial charge in [-0.15, -0.1) is 11.3 Å². The Hall–Kier alpha value is -2.54. The minimum atomic E-state index is -0.433. The fourth-order valence-electron chi connectivity index (χ4n) is 2.27. The summed E-state index contributed by atoms with van der Waals surface area (Å²) in [4.78, 5) is 24.9. The Morgan fingerprint density at radius 2 is 1.84 bits per heavy atom. The topological polar surface area (TPSA) is 84.9 Å². The van der Waals surface area contributed by atoms with Crippen molar-refractivity contribution in [3.63, 3.8) is 0 Å². The van der Waals surface area contributed by atoms with Crippen LogP contribution in [0.4, 0.5) is 5.69 Å². The van der Waals surface area contributed by atoms with Crippen LogP contribution in [0.25, 0.3) is 0 Å². The minimum absolute atomic E-state index is 0.0572. The summed E-state index contributed by atoms with van der Waals surface area (Å²) in [5.41, 5.74) is 1.02. The lowest BCUT2D eigenvalue weighted by molar-refractivity contribution is -0.142. The molecule has 0 spiro atoms. The van der Waals surface area contributed by atoms with Crippen molar-refractivity contribution in [3.8, 4) is 11.5 Å². The molecule has 0 bridgehead atoms. The maximum Gasteiger partial charge on any atom is 0.310 e. The van der Waals surface area contributed by atoms with Gasteiger partial charge < -0.3 is 19.9 Å². The van der Waals surface area contributed by atoms with Gasteiger partial charge in [-0.3, -0.25) is 9.59 Å². The molecule has 1 amide bonds. The van der Waals surface area contributed by atoms with E-state index >= 15 is 0 Å². The molecule has 0 saturated heterocycles. The van der Waals surface area contributed by atoms with E-state index in [1.54, 1.807) is 38.1 Å². The lowest BCUT2D eigenvalue weighted by Gasteiger charge is -2.07. The number of carbonyl (C=O) groups is 2. The Bertz CT molecular complexity index is 752. The molecular formula is C18H21NO5S. The third kappa shape index (κ3) is 4.73. The molecule has 0 aliphatic rings. The largest absolute Gasteiger partial charge is 0.506 e. The molecule has 25 heavy (non-hydrogen) atoms. The van der Waals surface area contributed by atoms with E-state index in [-0.39, 0.29) is 23.7 Å². The molecule has 7 heteroatoms. The smallest absolute Gasteiger partial charge is 0.310 e. The molecule has 2 N–H and O–H groups in total. The zero-order chi connectivity index (χ0) is 18.4. The summed E-state index contributed by atoms with van der Waals surface area (Å²) >= 11 is 1.15. The van der Waals surface area contributed by atoms with Crippen LogP contribution in [0.15, 0.2) is 24.3 Å². The molecule has 0 radical (unpaired) electrons. The molecule has 0 aliphatic carbocycles. The van der Waals surface area contributed by atoms with Gasteiger partial charge in [-0.2, -0.15) is 0 Å². The van der Waals surface area contributed by atoms with E-state index in [4.69, 9.17) is 9.47 Å². The Morgan fingerprint density at radius 3 is 2.44 bits per heavy atom. The molecule has 2 aromatic rings. The molecule has 0 aliphatic heterocycles.